The summed E-state index contributed by atoms with van der Waals surface area (Å²) >= 11 is 0. The zero-order chi connectivity index (χ0) is 10.9. The molecule has 3 nitrogen and oxygen atoms in total. The van der Waals surface area contributed by atoms with Crippen molar-refractivity contribution in [3.8, 4) is 6.07 Å². The molecule has 0 unspecified atom stereocenters. The number of unbranched alkanes of at least 4 members (excludes halogenated alkanes) is 4. The van der Waals surface area contributed by atoms with Gasteiger partial charge in [-0.15, -0.1) is 5.16 Å². The van der Waals surface area contributed by atoms with Crippen molar-refractivity contribution in [2.45, 2.75) is 51.7 Å². The van der Waals surface area contributed by atoms with Crippen LogP contribution in [0.2, 0.25) is 19.6 Å². The molecule has 0 aliphatic heterocycles. The summed E-state index contributed by atoms with van der Waals surface area (Å²) in [6.07, 6.45) is 6.66. The second-order valence-corrected chi connectivity index (χ2v) is 8.66. The fraction of sp³-hybridized carbons (Fsp3) is 0.800. The van der Waals surface area contributed by atoms with Gasteiger partial charge in [0.1, 0.15) is 0 Å². The Labute approximate surface area is 87.9 Å². The number of rotatable bonds is 7. The molecule has 14 heavy (non-hydrogen) atoms. The Balaban J connectivity index is 3.24. The minimum absolute atomic E-state index is 0.669. The van der Waals surface area contributed by atoms with E-state index in [1.165, 1.54) is 0 Å². The van der Waals surface area contributed by atoms with Gasteiger partial charge < -0.3 is 4.53 Å². The van der Waals surface area contributed by atoms with Crippen molar-refractivity contribution in [2.75, 3.05) is 0 Å². The lowest BCUT2D eigenvalue weighted by molar-refractivity contribution is 0.336. The highest BCUT2D eigenvalue weighted by molar-refractivity contribution is 6.69. The van der Waals surface area contributed by atoms with Crippen LogP contribution >= 0.6 is 0 Å². The minimum Gasteiger partial charge on any atom is -0.456 e. The molecule has 0 heterocycles. The molecule has 4 heteroatoms. The van der Waals surface area contributed by atoms with E-state index in [1.54, 1.807) is 0 Å². The fourth-order valence-corrected chi connectivity index (χ4v) is 1.26. The molecule has 0 radical (unpaired) electrons. The average Bonchev–Trinajstić information content (AvgIpc) is 2.08. The third-order valence-corrected chi connectivity index (χ3v) is 2.18. The standard InChI is InChI=1S/C10H20N2OSi/c1-14(2,3)13-12-10-8-6-4-5-7-9-11/h10H,4-8H2,1-3H3. The molecule has 0 fully saturated rings. The van der Waals surface area contributed by atoms with Crippen molar-refractivity contribution in [2.24, 2.45) is 5.16 Å². The Morgan fingerprint density at radius 3 is 2.57 bits per heavy atom. The quantitative estimate of drug-likeness (QED) is 0.281. The number of nitriles is 1. The van der Waals surface area contributed by atoms with Gasteiger partial charge in [-0.1, -0.05) is 6.42 Å². The van der Waals surface area contributed by atoms with Gasteiger partial charge in [-0.25, -0.2) is 0 Å². The summed E-state index contributed by atoms with van der Waals surface area (Å²) in [7, 11) is -1.48. The van der Waals surface area contributed by atoms with Gasteiger partial charge in [0, 0.05) is 12.6 Å². The third-order valence-electron chi connectivity index (χ3n) is 1.52. The molecule has 0 bridgehead atoms. The molecule has 0 aliphatic rings. The summed E-state index contributed by atoms with van der Waals surface area (Å²) in [5.41, 5.74) is 0. The Morgan fingerprint density at radius 1 is 1.29 bits per heavy atom. The van der Waals surface area contributed by atoms with Crippen LogP contribution in [0.25, 0.3) is 0 Å². The zero-order valence-electron chi connectivity index (χ0n) is 9.42. The first-order valence-corrected chi connectivity index (χ1v) is 8.54. The first-order chi connectivity index (χ1) is 6.56. The minimum atomic E-state index is -1.48. The van der Waals surface area contributed by atoms with Crippen molar-refractivity contribution < 1.29 is 4.53 Å². The maximum Gasteiger partial charge on any atom is 0.278 e. The Morgan fingerprint density at radius 2 is 2.00 bits per heavy atom. The van der Waals surface area contributed by atoms with Crippen LogP contribution < -0.4 is 0 Å². The van der Waals surface area contributed by atoms with Crippen molar-refractivity contribution >= 4 is 14.5 Å². The maximum absolute atomic E-state index is 8.30. The van der Waals surface area contributed by atoms with E-state index in [2.05, 4.69) is 30.9 Å². The highest BCUT2D eigenvalue weighted by atomic mass is 28.4. The summed E-state index contributed by atoms with van der Waals surface area (Å²) in [5.74, 6) is 0. The van der Waals surface area contributed by atoms with Crippen molar-refractivity contribution in [3.05, 3.63) is 0 Å². The number of hydrogen-bond donors (Lipinski definition) is 0. The lowest BCUT2D eigenvalue weighted by atomic mass is 10.2. The molecule has 0 saturated heterocycles. The van der Waals surface area contributed by atoms with E-state index in [1.807, 2.05) is 6.21 Å². The number of oxime groups is 1. The monoisotopic (exact) mass is 212 g/mol. The Bertz CT molecular complexity index is 203. The smallest absolute Gasteiger partial charge is 0.278 e. The van der Waals surface area contributed by atoms with Gasteiger partial charge in [0.25, 0.3) is 8.32 Å². The van der Waals surface area contributed by atoms with Crippen molar-refractivity contribution in [1.82, 2.24) is 0 Å². The van der Waals surface area contributed by atoms with Crippen LogP contribution in [-0.4, -0.2) is 14.5 Å². The van der Waals surface area contributed by atoms with Gasteiger partial charge >= 0.3 is 0 Å². The van der Waals surface area contributed by atoms with Gasteiger partial charge in [-0.2, -0.15) is 5.26 Å². The highest BCUT2D eigenvalue weighted by Crippen LogP contribution is 2.03. The largest absolute Gasteiger partial charge is 0.456 e. The molecular formula is C10H20N2OSi. The van der Waals surface area contributed by atoms with Crippen LogP contribution in [0.4, 0.5) is 0 Å². The average molecular weight is 212 g/mol. The predicted molar refractivity (Wildman–Crippen MR) is 61.6 cm³/mol. The van der Waals surface area contributed by atoms with Crippen LogP contribution in [-0.2, 0) is 4.53 Å². The topological polar surface area (TPSA) is 45.4 Å². The van der Waals surface area contributed by atoms with Crippen LogP contribution in [0.3, 0.4) is 0 Å². The Kier molecular flexibility index (Phi) is 7.12. The number of nitrogens with zero attached hydrogens (tertiary/aromatic N) is 2. The summed E-state index contributed by atoms with van der Waals surface area (Å²) in [4.78, 5) is 0. The maximum atomic E-state index is 8.30. The van der Waals surface area contributed by atoms with E-state index in [4.69, 9.17) is 9.79 Å². The summed E-state index contributed by atoms with van der Waals surface area (Å²) in [5, 5.41) is 12.2. The SMILES string of the molecule is C[Si](C)(C)ON=CCCCCCC#N. The van der Waals surface area contributed by atoms with Gasteiger partial charge in [0.05, 0.1) is 6.07 Å². The Hall–Kier alpha value is -0.823. The molecule has 0 rings (SSSR count). The van der Waals surface area contributed by atoms with Crippen molar-refractivity contribution in [1.29, 1.82) is 5.26 Å². The second kappa shape index (κ2) is 7.57. The lowest BCUT2D eigenvalue weighted by Crippen LogP contribution is -2.22. The molecule has 0 atom stereocenters. The van der Waals surface area contributed by atoms with Crippen LogP contribution in [0.5, 0.6) is 0 Å². The third kappa shape index (κ3) is 11.2. The van der Waals surface area contributed by atoms with Gasteiger partial charge in [-0.3, -0.25) is 0 Å². The van der Waals surface area contributed by atoms with Gasteiger partial charge in [0.2, 0.25) is 0 Å². The van der Waals surface area contributed by atoms with E-state index < -0.39 is 8.32 Å². The zero-order valence-corrected chi connectivity index (χ0v) is 10.4. The number of hydrogen-bond acceptors (Lipinski definition) is 3. The molecule has 0 aromatic rings. The fourth-order valence-electron chi connectivity index (χ4n) is 0.865. The van der Waals surface area contributed by atoms with Gasteiger partial charge in [0.15, 0.2) is 0 Å². The molecule has 0 aromatic heterocycles. The molecule has 0 aromatic carbocycles. The van der Waals surface area contributed by atoms with Crippen molar-refractivity contribution in [3.63, 3.8) is 0 Å². The predicted octanol–water partition coefficient (Wildman–Crippen LogP) is 3.30. The van der Waals surface area contributed by atoms with E-state index in [-0.39, 0.29) is 0 Å². The highest BCUT2D eigenvalue weighted by Gasteiger charge is 2.14. The van der Waals surface area contributed by atoms with Gasteiger partial charge in [-0.05, 0) is 38.9 Å². The normalized spacial score (nSPS) is 11.6. The van der Waals surface area contributed by atoms with Crippen LogP contribution in [0.15, 0.2) is 5.16 Å². The van der Waals surface area contributed by atoms with E-state index in [9.17, 15) is 0 Å². The van der Waals surface area contributed by atoms with Crippen LogP contribution in [0.1, 0.15) is 32.1 Å². The second-order valence-electron chi connectivity index (χ2n) is 4.25. The molecule has 0 N–H and O–H groups in total. The van der Waals surface area contributed by atoms with E-state index >= 15 is 0 Å². The molecule has 80 valence electrons. The first kappa shape index (κ1) is 13.2. The summed E-state index contributed by atoms with van der Waals surface area (Å²) < 4.78 is 5.31. The first-order valence-electron chi connectivity index (χ1n) is 5.13. The summed E-state index contributed by atoms with van der Waals surface area (Å²) in [6, 6.07) is 2.14. The molecule has 0 amide bonds. The van der Waals surface area contributed by atoms with E-state index in [0.29, 0.717) is 6.42 Å². The lowest BCUT2D eigenvalue weighted by Gasteiger charge is -2.11. The summed E-state index contributed by atoms with van der Waals surface area (Å²) in [6.45, 7) is 6.33. The van der Waals surface area contributed by atoms with E-state index in [0.717, 1.165) is 25.7 Å². The molecular weight excluding hydrogens is 192 g/mol. The molecule has 0 spiro atoms. The molecule has 0 saturated carbocycles. The van der Waals surface area contributed by atoms with Crippen LogP contribution in [0, 0.1) is 11.3 Å². The molecule has 0 aliphatic carbocycles.